The van der Waals surface area contributed by atoms with Crippen molar-refractivity contribution in [2.75, 3.05) is 31.5 Å². The van der Waals surface area contributed by atoms with Crippen molar-refractivity contribution in [1.29, 1.82) is 0 Å². The highest BCUT2D eigenvalue weighted by Crippen LogP contribution is 2.42. The summed E-state index contributed by atoms with van der Waals surface area (Å²) in [6.07, 6.45) is 1.62. The van der Waals surface area contributed by atoms with Gasteiger partial charge in [-0.25, -0.2) is 0 Å². The van der Waals surface area contributed by atoms with Crippen molar-refractivity contribution < 1.29 is 19.5 Å². The second kappa shape index (κ2) is 8.70. The number of fused-ring (bicyclic) bond motifs is 1. The summed E-state index contributed by atoms with van der Waals surface area (Å²) >= 11 is 5.98. The molecule has 26 heavy (non-hydrogen) atoms. The molecular formula is C17H21Cl2N3O4. The summed E-state index contributed by atoms with van der Waals surface area (Å²) in [6, 6.07) is 5.48. The molecule has 142 valence electrons. The van der Waals surface area contributed by atoms with Crippen LogP contribution < -0.4 is 10.6 Å². The van der Waals surface area contributed by atoms with Crippen LogP contribution >= 0.6 is 24.0 Å². The highest BCUT2D eigenvalue weighted by atomic mass is 35.5. The Balaban J connectivity index is 0.00000243. The topological polar surface area (TPSA) is 98.7 Å². The molecule has 1 saturated heterocycles. The van der Waals surface area contributed by atoms with Crippen LogP contribution in [0, 0.1) is 5.92 Å². The number of hydrogen-bond donors (Lipinski definition) is 3. The van der Waals surface area contributed by atoms with Crippen molar-refractivity contribution in [1.82, 2.24) is 10.2 Å². The highest BCUT2D eigenvalue weighted by Gasteiger charge is 2.38. The van der Waals surface area contributed by atoms with Gasteiger partial charge < -0.3 is 15.7 Å². The summed E-state index contributed by atoms with van der Waals surface area (Å²) in [5, 5.41) is 14.4. The number of anilines is 1. The molecule has 7 nitrogen and oxygen atoms in total. The first kappa shape index (κ1) is 20.5. The molecular weight excluding hydrogens is 381 g/mol. The van der Waals surface area contributed by atoms with Gasteiger partial charge in [-0.2, -0.15) is 0 Å². The Labute approximate surface area is 162 Å². The Hall–Kier alpha value is -1.83. The number of nitrogens with zero attached hydrogens (tertiary/aromatic N) is 1. The molecule has 0 spiro atoms. The number of amides is 2. The molecule has 0 aromatic heterocycles. The van der Waals surface area contributed by atoms with Crippen LogP contribution in [0.25, 0.3) is 0 Å². The van der Waals surface area contributed by atoms with E-state index in [4.69, 9.17) is 16.7 Å². The van der Waals surface area contributed by atoms with Crippen molar-refractivity contribution in [3.8, 4) is 0 Å². The van der Waals surface area contributed by atoms with Crippen LogP contribution in [0.3, 0.4) is 0 Å². The van der Waals surface area contributed by atoms with Crippen LogP contribution in [0.4, 0.5) is 5.69 Å². The van der Waals surface area contributed by atoms with E-state index in [1.807, 2.05) is 11.0 Å². The number of benzene rings is 1. The van der Waals surface area contributed by atoms with Gasteiger partial charge in [-0.15, -0.1) is 12.4 Å². The van der Waals surface area contributed by atoms with E-state index in [1.54, 1.807) is 12.1 Å². The van der Waals surface area contributed by atoms with E-state index < -0.39 is 5.97 Å². The van der Waals surface area contributed by atoms with Crippen molar-refractivity contribution >= 4 is 47.5 Å². The minimum Gasteiger partial charge on any atom is -0.480 e. The maximum absolute atomic E-state index is 12.4. The minimum atomic E-state index is -1.06. The van der Waals surface area contributed by atoms with E-state index in [2.05, 4.69) is 10.6 Å². The van der Waals surface area contributed by atoms with E-state index in [9.17, 15) is 14.4 Å². The van der Waals surface area contributed by atoms with Gasteiger partial charge in [0.15, 0.2) is 0 Å². The zero-order valence-electron chi connectivity index (χ0n) is 14.0. The molecule has 1 fully saturated rings. The lowest BCUT2D eigenvalue weighted by Crippen LogP contribution is -2.43. The third-order valence-electron chi connectivity index (χ3n) is 4.80. The van der Waals surface area contributed by atoms with Gasteiger partial charge in [0.05, 0.1) is 12.5 Å². The van der Waals surface area contributed by atoms with Crippen LogP contribution in [0.5, 0.6) is 0 Å². The van der Waals surface area contributed by atoms with Gasteiger partial charge in [0.25, 0.3) is 0 Å². The summed E-state index contributed by atoms with van der Waals surface area (Å²) in [5.41, 5.74) is 1.78. The smallest absolute Gasteiger partial charge is 0.322 e. The third-order valence-corrected chi connectivity index (χ3v) is 5.03. The molecule has 1 aromatic carbocycles. The standard InChI is InChI=1S/C17H20ClN3O4.ClH/c18-11-1-2-12-13(7-11)20-17(25)16(12)10-3-5-21(6-4-10)9-14(22)19-8-15(23)24;/h1-2,7,10,16H,3-6,8-9H2,(H,19,22)(H,20,25)(H,23,24);1H. The number of nitrogens with one attached hydrogen (secondary N) is 2. The fraction of sp³-hybridized carbons (Fsp3) is 0.471. The predicted molar refractivity (Wildman–Crippen MR) is 99.9 cm³/mol. The average molecular weight is 402 g/mol. The summed E-state index contributed by atoms with van der Waals surface area (Å²) in [6.45, 7) is 1.23. The van der Waals surface area contributed by atoms with Crippen LogP contribution in [-0.4, -0.2) is 54.0 Å². The fourth-order valence-electron chi connectivity index (χ4n) is 3.61. The van der Waals surface area contributed by atoms with Gasteiger partial charge in [0.2, 0.25) is 11.8 Å². The Bertz CT molecular complexity index is 705. The number of carboxylic acid groups (broad SMARTS) is 1. The van der Waals surface area contributed by atoms with Crippen LogP contribution in [-0.2, 0) is 14.4 Å². The predicted octanol–water partition coefficient (Wildman–Crippen LogP) is 1.71. The number of carbonyl (C=O) groups is 3. The summed E-state index contributed by atoms with van der Waals surface area (Å²) in [4.78, 5) is 36.5. The molecule has 2 aliphatic rings. The molecule has 9 heteroatoms. The number of carbonyl (C=O) groups excluding carboxylic acids is 2. The highest BCUT2D eigenvalue weighted by molar-refractivity contribution is 6.31. The van der Waals surface area contributed by atoms with Crippen LogP contribution in [0.2, 0.25) is 5.02 Å². The first-order chi connectivity index (χ1) is 11.9. The molecule has 0 saturated carbocycles. The van der Waals surface area contributed by atoms with Crippen molar-refractivity contribution in [3.63, 3.8) is 0 Å². The van der Waals surface area contributed by atoms with E-state index in [1.165, 1.54) is 0 Å². The first-order valence-corrected chi connectivity index (χ1v) is 8.63. The summed E-state index contributed by atoms with van der Waals surface area (Å²) < 4.78 is 0. The van der Waals surface area contributed by atoms with Crippen LogP contribution in [0.1, 0.15) is 24.3 Å². The molecule has 2 heterocycles. The summed E-state index contributed by atoms with van der Waals surface area (Å²) in [7, 11) is 0. The lowest BCUT2D eigenvalue weighted by atomic mass is 9.81. The van der Waals surface area contributed by atoms with E-state index in [0.717, 1.165) is 24.1 Å². The Morgan fingerprint density at radius 2 is 2.00 bits per heavy atom. The van der Waals surface area contributed by atoms with E-state index >= 15 is 0 Å². The van der Waals surface area contributed by atoms with Gasteiger partial charge >= 0.3 is 5.97 Å². The van der Waals surface area contributed by atoms with E-state index in [-0.39, 0.29) is 49.1 Å². The lowest BCUT2D eigenvalue weighted by Gasteiger charge is -2.33. The van der Waals surface area contributed by atoms with Gasteiger partial charge in [-0.05, 0) is 49.5 Å². The van der Waals surface area contributed by atoms with E-state index in [0.29, 0.717) is 18.1 Å². The maximum atomic E-state index is 12.4. The first-order valence-electron chi connectivity index (χ1n) is 8.25. The van der Waals surface area contributed by atoms with Gasteiger partial charge in [-0.1, -0.05) is 17.7 Å². The molecule has 1 atom stereocenters. The Kier molecular flexibility index (Phi) is 6.86. The molecule has 0 radical (unpaired) electrons. The molecule has 0 aliphatic carbocycles. The number of likely N-dealkylation sites (tertiary alicyclic amines) is 1. The molecule has 3 N–H and O–H groups in total. The quantitative estimate of drug-likeness (QED) is 0.697. The number of halogens is 2. The number of aliphatic carboxylic acids is 1. The number of hydrogen-bond acceptors (Lipinski definition) is 4. The minimum absolute atomic E-state index is 0. The average Bonchev–Trinajstić information content (AvgIpc) is 2.88. The third kappa shape index (κ3) is 4.66. The number of rotatable bonds is 5. The second-order valence-electron chi connectivity index (χ2n) is 6.48. The normalized spacial score (nSPS) is 20.0. The van der Waals surface area contributed by atoms with Crippen LogP contribution in [0.15, 0.2) is 18.2 Å². The van der Waals surface area contributed by atoms with Crippen molar-refractivity contribution in [2.45, 2.75) is 18.8 Å². The van der Waals surface area contributed by atoms with Gasteiger partial charge in [-0.3, -0.25) is 19.3 Å². The molecule has 1 aromatic rings. The molecule has 1 unspecified atom stereocenters. The van der Waals surface area contributed by atoms with Crippen molar-refractivity contribution in [2.24, 2.45) is 5.92 Å². The van der Waals surface area contributed by atoms with Gasteiger partial charge in [0, 0.05) is 10.7 Å². The number of piperidine rings is 1. The molecule has 3 rings (SSSR count). The second-order valence-corrected chi connectivity index (χ2v) is 6.92. The Morgan fingerprint density at radius 1 is 1.31 bits per heavy atom. The SMILES string of the molecule is Cl.O=C(O)CNC(=O)CN1CCC(C2C(=O)Nc3cc(Cl)ccc32)CC1. The molecule has 0 bridgehead atoms. The molecule has 2 amide bonds. The lowest BCUT2D eigenvalue weighted by molar-refractivity contribution is -0.138. The summed E-state index contributed by atoms with van der Waals surface area (Å²) in [5.74, 6) is -1.29. The number of carboxylic acids is 1. The largest absolute Gasteiger partial charge is 0.480 e. The van der Waals surface area contributed by atoms with Gasteiger partial charge in [0.1, 0.15) is 6.54 Å². The monoisotopic (exact) mass is 401 g/mol. The molecule has 2 aliphatic heterocycles. The Morgan fingerprint density at radius 3 is 2.65 bits per heavy atom. The maximum Gasteiger partial charge on any atom is 0.322 e. The zero-order valence-corrected chi connectivity index (χ0v) is 15.6. The fourth-order valence-corrected chi connectivity index (χ4v) is 3.78. The zero-order chi connectivity index (χ0) is 18.0. The van der Waals surface area contributed by atoms with Crippen molar-refractivity contribution in [3.05, 3.63) is 28.8 Å².